The summed E-state index contributed by atoms with van der Waals surface area (Å²) in [7, 11) is 0. The van der Waals surface area contributed by atoms with Crippen LogP contribution < -0.4 is 10.1 Å². The molecule has 0 saturated heterocycles. The highest BCUT2D eigenvalue weighted by Crippen LogP contribution is 2.27. The first-order valence-corrected chi connectivity index (χ1v) is 9.65. The Kier molecular flexibility index (Phi) is 6.45. The third-order valence-electron chi connectivity index (χ3n) is 4.84. The number of benzene rings is 2. The first-order valence-electron chi connectivity index (χ1n) is 9.65. The van der Waals surface area contributed by atoms with Gasteiger partial charge in [0.15, 0.2) is 0 Å². The summed E-state index contributed by atoms with van der Waals surface area (Å²) >= 11 is 0. The fourth-order valence-electron chi connectivity index (χ4n) is 3.20. The molecule has 1 N–H and O–H groups in total. The minimum atomic E-state index is -0.226. The SMILES string of the molecule is C=CCOc1cc(C)nc(Cc2ccccc2)c1C(=O)Nc1cccc(C)c1C. The van der Waals surface area contributed by atoms with Crippen LogP contribution in [0.1, 0.15) is 38.4 Å². The Balaban J connectivity index is 2.04. The lowest BCUT2D eigenvalue weighted by Gasteiger charge is -2.17. The van der Waals surface area contributed by atoms with Crippen molar-refractivity contribution in [3.8, 4) is 5.75 Å². The lowest BCUT2D eigenvalue weighted by Crippen LogP contribution is -2.18. The number of hydrogen-bond donors (Lipinski definition) is 1. The van der Waals surface area contributed by atoms with E-state index in [1.165, 1.54) is 0 Å². The van der Waals surface area contributed by atoms with E-state index < -0.39 is 0 Å². The van der Waals surface area contributed by atoms with Gasteiger partial charge >= 0.3 is 0 Å². The highest BCUT2D eigenvalue weighted by atomic mass is 16.5. The summed E-state index contributed by atoms with van der Waals surface area (Å²) in [5, 5.41) is 3.05. The Hall–Kier alpha value is -3.40. The van der Waals surface area contributed by atoms with Crippen molar-refractivity contribution >= 4 is 11.6 Å². The minimum absolute atomic E-state index is 0.226. The number of anilines is 1. The molecule has 1 aromatic heterocycles. The fourth-order valence-corrected chi connectivity index (χ4v) is 3.20. The van der Waals surface area contributed by atoms with Crippen LogP contribution in [0.25, 0.3) is 0 Å². The molecule has 29 heavy (non-hydrogen) atoms. The summed E-state index contributed by atoms with van der Waals surface area (Å²) in [4.78, 5) is 18.0. The number of hydrogen-bond acceptors (Lipinski definition) is 3. The van der Waals surface area contributed by atoms with Crippen LogP contribution in [-0.4, -0.2) is 17.5 Å². The Bertz CT molecular complexity index is 1030. The second kappa shape index (κ2) is 9.20. The van der Waals surface area contributed by atoms with Crippen LogP contribution in [0.4, 0.5) is 5.69 Å². The number of pyridine rings is 1. The second-order valence-corrected chi connectivity index (χ2v) is 7.05. The van der Waals surface area contributed by atoms with Crippen molar-refractivity contribution in [1.29, 1.82) is 0 Å². The molecule has 4 nitrogen and oxygen atoms in total. The second-order valence-electron chi connectivity index (χ2n) is 7.05. The van der Waals surface area contributed by atoms with Crippen molar-refractivity contribution in [3.05, 3.63) is 101 Å². The summed E-state index contributed by atoms with van der Waals surface area (Å²) in [6, 6.07) is 17.7. The summed E-state index contributed by atoms with van der Waals surface area (Å²) in [5.41, 5.74) is 5.99. The van der Waals surface area contributed by atoms with Crippen molar-refractivity contribution in [2.45, 2.75) is 27.2 Å². The number of carbonyl (C=O) groups is 1. The Morgan fingerprint density at radius 3 is 2.59 bits per heavy atom. The third kappa shape index (κ3) is 4.91. The van der Waals surface area contributed by atoms with Crippen LogP contribution in [0.2, 0.25) is 0 Å². The zero-order valence-corrected chi connectivity index (χ0v) is 17.2. The van der Waals surface area contributed by atoms with Crippen molar-refractivity contribution in [2.24, 2.45) is 0 Å². The van der Waals surface area contributed by atoms with Gasteiger partial charge < -0.3 is 10.1 Å². The van der Waals surface area contributed by atoms with Crippen LogP contribution in [0.15, 0.2) is 67.3 Å². The molecule has 148 valence electrons. The third-order valence-corrected chi connectivity index (χ3v) is 4.84. The molecule has 1 heterocycles. The van der Waals surface area contributed by atoms with Gasteiger partial charge in [0.2, 0.25) is 0 Å². The molecular weight excluding hydrogens is 360 g/mol. The topological polar surface area (TPSA) is 51.2 Å². The number of aromatic nitrogens is 1. The zero-order valence-electron chi connectivity index (χ0n) is 17.2. The average Bonchev–Trinajstić information content (AvgIpc) is 2.70. The maximum atomic E-state index is 13.3. The molecule has 3 aromatic rings. The van der Waals surface area contributed by atoms with Crippen molar-refractivity contribution in [2.75, 3.05) is 11.9 Å². The average molecular weight is 386 g/mol. The van der Waals surface area contributed by atoms with Crippen LogP contribution in [-0.2, 0) is 6.42 Å². The lowest BCUT2D eigenvalue weighted by molar-refractivity contribution is 0.102. The van der Waals surface area contributed by atoms with Crippen molar-refractivity contribution in [1.82, 2.24) is 4.98 Å². The van der Waals surface area contributed by atoms with Gasteiger partial charge in [0.25, 0.3) is 5.91 Å². The van der Waals surface area contributed by atoms with Gasteiger partial charge in [-0.1, -0.05) is 55.1 Å². The van der Waals surface area contributed by atoms with Gasteiger partial charge in [-0.25, -0.2) is 0 Å². The van der Waals surface area contributed by atoms with Crippen molar-refractivity contribution < 1.29 is 9.53 Å². The normalized spacial score (nSPS) is 10.4. The summed E-state index contributed by atoms with van der Waals surface area (Å²) in [6.45, 7) is 9.96. The Morgan fingerprint density at radius 2 is 1.86 bits per heavy atom. The minimum Gasteiger partial charge on any atom is -0.489 e. The predicted octanol–water partition coefficient (Wildman–Crippen LogP) is 5.41. The largest absolute Gasteiger partial charge is 0.489 e. The van der Waals surface area contributed by atoms with E-state index >= 15 is 0 Å². The number of nitrogens with zero attached hydrogens (tertiary/aromatic N) is 1. The van der Waals surface area contributed by atoms with Gasteiger partial charge in [0.1, 0.15) is 17.9 Å². The quantitative estimate of drug-likeness (QED) is 0.552. The van der Waals surface area contributed by atoms with E-state index in [9.17, 15) is 4.79 Å². The van der Waals surface area contributed by atoms with E-state index in [2.05, 4.69) is 16.9 Å². The van der Waals surface area contributed by atoms with E-state index in [-0.39, 0.29) is 5.91 Å². The van der Waals surface area contributed by atoms with Gasteiger partial charge in [-0.3, -0.25) is 9.78 Å². The molecule has 0 aliphatic rings. The van der Waals surface area contributed by atoms with Gasteiger partial charge in [0.05, 0.1) is 5.69 Å². The van der Waals surface area contributed by atoms with Crippen LogP contribution in [0.3, 0.4) is 0 Å². The smallest absolute Gasteiger partial charge is 0.261 e. The molecule has 0 saturated carbocycles. The Labute approximate surface area is 172 Å². The molecule has 0 atom stereocenters. The summed E-state index contributed by atoms with van der Waals surface area (Å²) in [6.07, 6.45) is 2.21. The lowest BCUT2D eigenvalue weighted by atomic mass is 10.0. The van der Waals surface area contributed by atoms with E-state index in [1.807, 2.05) is 69.3 Å². The molecule has 0 radical (unpaired) electrons. The zero-order chi connectivity index (χ0) is 20.8. The fraction of sp³-hybridized carbons (Fsp3) is 0.200. The monoisotopic (exact) mass is 386 g/mol. The molecular formula is C25H26N2O2. The van der Waals surface area contributed by atoms with E-state index in [1.54, 1.807) is 12.1 Å². The molecule has 3 rings (SSSR count). The molecule has 4 heteroatoms. The standard InChI is InChI=1S/C25H26N2O2/c1-5-14-29-23-15-18(3)26-22(16-20-11-7-6-8-12-20)24(23)25(28)27-21-13-9-10-17(2)19(21)4/h5-13,15H,1,14,16H2,2-4H3,(H,27,28). The van der Waals surface area contributed by atoms with Crippen LogP contribution in [0, 0.1) is 20.8 Å². The molecule has 2 aromatic carbocycles. The number of ether oxygens (including phenoxy) is 1. The molecule has 1 amide bonds. The van der Waals surface area contributed by atoms with Crippen molar-refractivity contribution in [3.63, 3.8) is 0 Å². The molecule has 0 aliphatic heterocycles. The first-order chi connectivity index (χ1) is 14.0. The highest BCUT2D eigenvalue weighted by Gasteiger charge is 2.21. The maximum Gasteiger partial charge on any atom is 0.261 e. The molecule has 0 spiro atoms. The number of amides is 1. The van der Waals surface area contributed by atoms with Gasteiger partial charge in [-0.2, -0.15) is 0 Å². The molecule has 0 aliphatic carbocycles. The van der Waals surface area contributed by atoms with E-state index in [4.69, 9.17) is 4.74 Å². The van der Waals surface area contributed by atoms with Gasteiger partial charge in [-0.15, -0.1) is 0 Å². The first kappa shape index (κ1) is 20.3. The van der Waals surface area contributed by atoms with E-state index in [0.717, 1.165) is 28.1 Å². The molecule has 0 bridgehead atoms. The van der Waals surface area contributed by atoms with Crippen LogP contribution in [0.5, 0.6) is 5.75 Å². The van der Waals surface area contributed by atoms with Gasteiger partial charge in [-0.05, 0) is 43.5 Å². The highest BCUT2D eigenvalue weighted by molar-refractivity contribution is 6.07. The number of rotatable bonds is 7. The summed E-state index contributed by atoms with van der Waals surface area (Å²) < 4.78 is 5.84. The molecule has 0 unspecified atom stereocenters. The predicted molar refractivity (Wildman–Crippen MR) is 118 cm³/mol. The number of carbonyl (C=O) groups excluding carboxylic acids is 1. The number of nitrogens with one attached hydrogen (secondary N) is 1. The van der Waals surface area contributed by atoms with Crippen LogP contribution >= 0.6 is 0 Å². The molecule has 0 fully saturated rings. The Morgan fingerprint density at radius 1 is 1.10 bits per heavy atom. The summed E-state index contributed by atoms with van der Waals surface area (Å²) in [5.74, 6) is 0.294. The number of aryl methyl sites for hydroxylation is 2. The van der Waals surface area contributed by atoms with Gasteiger partial charge in [0, 0.05) is 23.9 Å². The van der Waals surface area contributed by atoms with E-state index in [0.29, 0.717) is 30.0 Å². The maximum absolute atomic E-state index is 13.3.